The molecule has 54 valence electrons. The molecule has 0 atom stereocenters. The first kappa shape index (κ1) is 8.16. The van der Waals surface area contributed by atoms with Crippen LogP contribution in [-0.4, -0.2) is 18.3 Å². The molecule has 3 heteroatoms. The largest absolute Gasteiger partial charge is 0.255 e. The first-order valence-corrected chi connectivity index (χ1v) is 6.02. The van der Waals surface area contributed by atoms with Crippen LogP contribution in [0.5, 0.6) is 0 Å². The second kappa shape index (κ2) is 3.45. The van der Waals surface area contributed by atoms with Crippen LogP contribution in [0.2, 0.25) is 0 Å². The van der Waals surface area contributed by atoms with Gasteiger partial charge in [0.25, 0.3) is 0 Å². The van der Waals surface area contributed by atoms with Gasteiger partial charge >= 0.3 is 0 Å². The van der Waals surface area contributed by atoms with Crippen LogP contribution in [0, 0.1) is 0 Å². The van der Waals surface area contributed by atoms with Crippen molar-refractivity contribution in [3.8, 4) is 0 Å². The van der Waals surface area contributed by atoms with Crippen molar-refractivity contribution in [2.45, 2.75) is 0 Å². The molecule has 0 N–H and O–H groups in total. The van der Waals surface area contributed by atoms with Gasteiger partial charge < -0.3 is 0 Å². The zero-order chi connectivity index (χ0) is 7.56. The number of nitrogens with zero attached hydrogens (tertiary/aromatic N) is 1. The highest BCUT2D eigenvalue weighted by atomic mass is 79.9. The average molecular weight is 218 g/mol. The van der Waals surface area contributed by atoms with E-state index in [1.165, 1.54) is 5.44 Å². The number of halogens is 1. The first-order valence-electron chi connectivity index (χ1n) is 2.99. The molecule has 0 bridgehead atoms. The fourth-order valence-electron chi connectivity index (χ4n) is 0.633. The SMILES string of the molecule is CP(C)c1ccc(Br)cn1. The number of pyridine rings is 1. The summed E-state index contributed by atoms with van der Waals surface area (Å²) in [4.78, 5) is 4.26. The molecule has 0 radical (unpaired) electrons. The van der Waals surface area contributed by atoms with E-state index < -0.39 is 0 Å². The second-order valence-electron chi connectivity index (χ2n) is 2.23. The van der Waals surface area contributed by atoms with Crippen molar-refractivity contribution in [1.82, 2.24) is 4.98 Å². The quantitative estimate of drug-likeness (QED) is 0.658. The normalized spacial score (nSPS) is 10.4. The van der Waals surface area contributed by atoms with Gasteiger partial charge in [-0.15, -0.1) is 0 Å². The van der Waals surface area contributed by atoms with Crippen molar-refractivity contribution >= 4 is 29.3 Å². The molecule has 1 aromatic heterocycles. The minimum atomic E-state index is -0.0399. The van der Waals surface area contributed by atoms with Crippen LogP contribution in [0.3, 0.4) is 0 Å². The molecule has 0 spiro atoms. The molecule has 0 aliphatic rings. The molecule has 0 aliphatic carbocycles. The van der Waals surface area contributed by atoms with Crippen LogP contribution in [0.4, 0.5) is 0 Å². The Morgan fingerprint density at radius 1 is 1.40 bits per heavy atom. The summed E-state index contributed by atoms with van der Waals surface area (Å²) in [6.45, 7) is 4.40. The minimum Gasteiger partial charge on any atom is -0.255 e. The van der Waals surface area contributed by atoms with E-state index in [0.29, 0.717) is 0 Å². The lowest BCUT2D eigenvalue weighted by Crippen LogP contribution is -2.02. The molecule has 1 nitrogen and oxygen atoms in total. The maximum Gasteiger partial charge on any atom is 0.0626 e. The minimum absolute atomic E-state index is 0.0399. The molecule has 0 fully saturated rings. The van der Waals surface area contributed by atoms with Gasteiger partial charge in [-0.1, -0.05) is 7.92 Å². The fourth-order valence-corrected chi connectivity index (χ4v) is 1.53. The molecule has 0 aromatic carbocycles. The van der Waals surface area contributed by atoms with Gasteiger partial charge in [0.1, 0.15) is 0 Å². The third-order valence-electron chi connectivity index (χ3n) is 1.17. The topological polar surface area (TPSA) is 12.9 Å². The van der Waals surface area contributed by atoms with Crippen LogP contribution in [-0.2, 0) is 0 Å². The molecule has 0 unspecified atom stereocenters. The van der Waals surface area contributed by atoms with Gasteiger partial charge in [0.2, 0.25) is 0 Å². The lowest BCUT2D eigenvalue weighted by atomic mass is 10.5. The Morgan fingerprint density at radius 3 is 2.50 bits per heavy atom. The average Bonchev–Trinajstić information content (AvgIpc) is 1.88. The third kappa shape index (κ3) is 2.03. The van der Waals surface area contributed by atoms with Gasteiger partial charge in [-0.2, -0.15) is 0 Å². The van der Waals surface area contributed by atoms with Crippen molar-refractivity contribution in [1.29, 1.82) is 0 Å². The Balaban J connectivity index is 2.89. The van der Waals surface area contributed by atoms with Gasteiger partial charge in [-0.3, -0.25) is 4.98 Å². The predicted molar refractivity (Wildman–Crippen MR) is 50.3 cm³/mol. The molecule has 1 aromatic rings. The number of rotatable bonds is 1. The Labute approximate surface area is 70.7 Å². The summed E-state index contributed by atoms with van der Waals surface area (Å²) in [5.41, 5.74) is 1.21. The van der Waals surface area contributed by atoms with Gasteiger partial charge in [0.15, 0.2) is 0 Å². The maximum absolute atomic E-state index is 4.26. The molecule has 0 saturated heterocycles. The molecular weight excluding hydrogens is 209 g/mol. The number of hydrogen-bond acceptors (Lipinski definition) is 1. The third-order valence-corrected chi connectivity index (χ3v) is 2.82. The maximum atomic E-state index is 4.26. The molecule has 10 heavy (non-hydrogen) atoms. The van der Waals surface area contributed by atoms with Gasteiger partial charge in [-0.05, 0) is 41.4 Å². The Kier molecular flexibility index (Phi) is 2.82. The molecule has 1 rings (SSSR count). The molecule has 0 saturated carbocycles. The summed E-state index contributed by atoms with van der Waals surface area (Å²) < 4.78 is 1.05. The van der Waals surface area contributed by atoms with Crippen molar-refractivity contribution in [2.24, 2.45) is 0 Å². The first-order chi connectivity index (χ1) is 4.70. The van der Waals surface area contributed by atoms with Gasteiger partial charge in [-0.25, -0.2) is 0 Å². The van der Waals surface area contributed by atoms with E-state index in [9.17, 15) is 0 Å². The summed E-state index contributed by atoms with van der Waals surface area (Å²) in [6, 6.07) is 4.10. The lowest BCUT2D eigenvalue weighted by molar-refractivity contribution is 1.36. The summed E-state index contributed by atoms with van der Waals surface area (Å²) in [7, 11) is -0.0399. The van der Waals surface area contributed by atoms with E-state index in [1.54, 1.807) is 0 Å². The number of aromatic nitrogens is 1. The van der Waals surface area contributed by atoms with E-state index in [1.807, 2.05) is 12.3 Å². The zero-order valence-corrected chi connectivity index (χ0v) is 8.48. The fraction of sp³-hybridized carbons (Fsp3) is 0.286. The van der Waals surface area contributed by atoms with Crippen molar-refractivity contribution in [2.75, 3.05) is 13.3 Å². The van der Waals surface area contributed by atoms with Crippen molar-refractivity contribution < 1.29 is 0 Å². The summed E-state index contributed by atoms with van der Waals surface area (Å²) in [5.74, 6) is 0. The molecule has 0 aliphatic heterocycles. The Hall–Kier alpha value is 0.0600. The molecule has 0 amide bonds. The predicted octanol–water partition coefficient (Wildman–Crippen LogP) is 2.21. The molecular formula is C7H9BrNP. The molecule has 1 heterocycles. The summed E-state index contributed by atoms with van der Waals surface area (Å²) in [5, 5.41) is 0. The van der Waals surface area contributed by atoms with Crippen LogP contribution in [0.15, 0.2) is 22.8 Å². The van der Waals surface area contributed by atoms with Crippen LogP contribution in [0.25, 0.3) is 0 Å². The summed E-state index contributed by atoms with van der Waals surface area (Å²) in [6.07, 6.45) is 1.84. The van der Waals surface area contributed by atoms with Crippen LogP contribution in [0.1, 0.15) is 0 Å². The smallest absolute Gasteiger partial charge is 0.0626 e. The van der Waals surface area contributed by atoms with Crippen LogP contribution < -0.4 is 5.44 Å². The highest BCUT2D eigenvalue weighted by Gasteiger charge is 1.97. The highest BCUT2D eigenvalue weighted by molar-refractivity contribution is 9.10. The van der Waals surface area contributed by atoms with Gasteiger partial charge in [0, 0.05) is 10.7 Å². The van der Waals surface area contributed by atoms with Gasteiger partial charge in [0.05, 0.1) is 5.44 Å². The van der Waals surface area contributed by atoms with E-state index in [4.69, 9.17) is 0 Å². The van der Waals surface area contributed by atoms with Crippen molar-refractivity contribution in [3.63, 3.8) is 0 Å². The van der Waals surface area contributed by atoms with E-state index in [0.717, 1.165) is 4.47 Å². The lowest BCUT2D eigenvalue weighted by Gasteiger charge is -2.02. The van der Waals surface area contributed by atoms with Crippen LogP contribution >= 0.6 is 23.9 Å². The van der Waals surface area contributed by atoms with E-state index >= 15 is 0 Å². The second-order valence-corrected chi connectivity index (χ2v) is 5.39. The Bertz CT molecular complexity index is 207. The highest BCUT2D eigenvalue weighted by Crippen LogP contribution is 2.21. The Morgan fingerprint density at radius 2 is 2.10 bits per heavy atom. The summed E-state index contributed by atoms with van der Waals surface area (Å²) >= 11 is 3.34. The van der Waals surface area contributed by atoms with E-state index in [2.05, 4.69) is 40.3 Å². The standard InChI is InChI=1S/C7H9BrNP/c1-10(2)7-4-3-6(8)5-9-7/h3-5H,1-2H3. The zero-order valence-electron chi connectivity index (χ0n) is 6.00. The number of hydrogen-bond donors (Lipinski definition) is 0. The monoisotopic (exact) mass is 217 g/mol. The van der Waals surface area contributed by atoms with Crippen molar-refractivity contribution in [3.05, 3.63) is 22.8 Å². The van der Waals surface area contributed by atoms with E-state index in [-0.39, 0.29) is 7.92 Å².